The molecule has 0 fully saturated rings. The quantitative estimate of drug-likeness (QED) is 0.518. The number of pyridine rings is 1. The molecule has 0 bridgehead atoms. The minimum Gasteiger partial charge on any atom is -0.393 e. The summed E-state index contributed by atoms with van der Waals surface area (Å²) in [4.78, 5) is 14.2. The second-order valence-electron chi connectivity index (χ2n) is 3.24. The smallest absolute Gasteiger partial charge is 0.290 e. The molecule has 1 heterocycles. The fourth-order valence-electron chi connectivity index (χ4n) is 1.16. The van der Waals surface area contributed by atoms with Crippen molar-refractivity contribution in [2.24, 2.45) is 0 Å². The average Bonchev–Trinajstić information content (AvgIpc) is 2.14. The van der Waals surface area contributed by atoms with E-state index in [1.54, 1.807) is 6.92 Å². The number of aliphatic hydroxyl groups is 1. The molecule has 82 valence electrons. The van der Waals surface area contributed by atoms with E-state index in [4.69, 9.17) is 5.11 Å². The zero-order valence-corrected chi connectivity index (χ0v) is 9.77. The number of hydrogen-bond donors (Lipinski definition) is 1. The minimum atomic E-state index is -0.481. The van der Waals surface area contributed by atoms with Crippen LogP contribution in [-0.4, -0.2) is 21.1 Å². The van der Waals surface area contributed by atoms with Crippen LogP contribution >= 0.6 is 15.9 Å². The molecule has 0 spiro atoms. The standard InChI is InChI=1S/C9H11BrN2O3/c1-6(13)2-3-7-8(12(14)15)4-5-9(10)11-7/h4-6,13H,2-3H2,1H3/t6-/m1/s1. The van der Waals surface area contributed by atoms with Crippen molar-refractivity contribution in [1.29, 1.82) is 0 Å². The largest absolute Gasteiger partial charge is 0.393 e. The maximum Gasteiger partial charge on any atom is 0.290 e. The van der Waals surface area contributed by atoms with Crippen LogP contribution in [0.3, 0.4) is 0 Å². The Morgan fingerprint density at radius 1 is 1.67 bits per heavy atom. The van der Waals surface area contributed by atoms with Crippen molar-refractivity contribution in [2.45, 2.75) is 25.9 Å². The first-order chi connectivity index (χ1) is 7.00. The van der Waals surface area contributed by atoms with Crippen molar-refractivity contribution in [3.63, 3.8) is 0 Å². The van der Waals surface area contributed by atoms with Crippen LogP contribution in [0.15, 0.2) is 16.7 Å². The molecule has 0 saturated carbocycles. The summed E-state index contributed by atoms with van der Waals surface area (Å²) in [5.41, 5.74) is 0.397. The first-order valence-electron chi connectivity index (χ1n) is 4.48. The van der Waals surface area contributed by atoms with Gasteiger partial charge in [0.05, 0.1) is 11.0 Å². The number of nitro groups is 1. The van der Waals surface area contributed by atoms with Gasteiger partial charge >= 0.3 is 0 Å². The number of rotatable bonds is 4. The lowest BCUT2D eigenvalue weighted by molar-refractivity contribution is -0.386. The SMILES string of the molecule is C[C@@H](O)CCc1nc(Br)ccc1[N+](=O)[O-]. The molecule has 1 aromatic heterocycles. The Balaban J connectivity index is 2.92. The van der Waals surface area contributed by atoms with Crippen molar-refractivity contribution in [1.82, 2.24) is 4.98 Å². The number of aromatic nitrogens is 1. The van der Waals surface area contributed by atoms with Gasteiger partial charge in [-0.05, 0) is 41.8 Å². The van der Waals surface area contributed by atoms with Crippen molar-refractivity contribution < 1.29 is 10.0 Å². The van der Waals surface area contributed by atoms with E-state index in [9.17, 15) is 10.1 Å². The molecular weight excluding hydrogens is 264 g/mol. The zero-order valence-electron chi connectivity index (χ0n) is 8.18. The summed E-state index contributed by atoms with van der Waals surface area (Å²) < 4.78 is 0.564. The molecule has 0 saturated heterocycles. The van der Waals surface area contributed by atoms with Crippen LogP contribution in [0.2, 0.25) is 0 Å². The van der Waals surface area contributed by atoms with Gasteiger partial charge in [0.15, 0.2) is 0 Å². The van der Waals surface area contributed by atoms with Gasteiger partial charge in [0.1, 0.15) is 10.3 Å². The van der Waals surface area contributed by atoms with Gasteiger partial charge in [0, 0.05) is 6.07 Å². The Morgan fingerprint density at radius 2 is 2.33 bits per heavy atom. The zero-order chi connectivity index (χ0) is 11.4. The molecule has 0 amide bonds. The van der Waals surface area contributed by atoms with Gasteiger partial charge in [0.2, 0.25) is 0 Å². The van der Waals surface area contributed by atoms with E-state index in [2.05, 4.69) is 20.9 Å². The summed E-state index contributed by atoms with van der Waals surface area (Å²) in [6.07, 6.45) is 0.378. The van der Waals surface area contributed by atoms with E-state index in [1.807, 2.05) is 0 Å². The Labute approximate surface area is 95.4 Å². The lowest BCUT2D eigenvalue weighted by Gasteiger charge is -2.04. The summed E-state index contributed by atoms with van der Waals surface area (Å²) in [5.74, 6) is 0. The Hall–Kier alpha value is -1.01. The fraction of sp³-hybridized carbons (Fsp3) is 0.444. The lowest BCUT2D eigenvalue weighted by Crippen LogP contribution is -2.05. The molecule has 0 aliphatic rings. The highest BCUT2D eigenvalue weighted by Gasteiger charge is 2.15. The van der Waals surface area contributed by atoms with Gasteiger partial charge in [-0.2, -0.15) is 0 Å². The van der Waals surface area contributed by atoms with Crippen LogP contribution in [0, 0.1) is 10.1 Å². The van der Waals surface area contributed by atoms with Crippen molar-refractivity contribution in [3.8, 4) is 0 Å². The van der Waals surface area contributed by atoms with Crippen LogP contribution in [0.25, 0.3) is 0 Å². The highest BCUT2D eigenvalue weighted by molar-refractivity contribution is 9.10. The molecule has 5 nitrogen and oxygen atoms in total. The topological polar surface area (TPSA) is 76.3 Å². The number of aryl methyl sites for hydroxylation is 1. The predicted octanol–water partition coefficient (Wildman–Crippen LogP) is 2.07. The lowest BCUT2D eigenvalue weighted by atomic mass is 10.1. The third kappa shape index (κ3) is 3.56. The molecule has 0 aliphatic carbocycles. The maximum atomic E-state index is 10.7. The van der Waals surface area contributed by atoms with Gasteiger partial charge in [-0.3, -0.25) is 10.1 Å². The molecule has 0 radical (unpaired) electrons. The van der Waals surface area contributed by atoms with Crippen LogP contribution in [0.5, 0.6) is 0 Å². The molecule has 0 aromatic carbocycles. The van der Waals surface area contributed by atoms with Gasteiger partial charge < -0.3 is 5.11 Å². The Kier molecular flexibility index (Phi) is 4.16. The van der Waals surface area contributed by atoms with E-state index < -0.39 is 11.0 Å². The van der Waals surface area contributed by atoms with Crippen LogP contribution in [-0.2, 0) is 6.42 Å². The number of aliphatic hydroxyl groups excluding tert-OH is 1. The molecule has 1 rings (SSSR count). The molecule has 0 unspecified atom stereocenters. The van der Waals surface area contributed by atoms with E-state index in [0.29, 0.717) is 23.1 Å². The first kappa shape index (κ1) is 12.1. The third-order valence-corrected chi connectivity index (χ3v) is 2.35. The fourth-order valence-corrected chi connectivity index (χ4v) is 1.51. The molecule has 15 heavy (non-hydrogen) atoms. The molecule has 0 aliphatic heterocycles. The maximum absolute atomic E-state index is 10.7. The summed E-state index contributed by atoms with van der Waals surface area (Å²) in [5, 5.41) is 19.8. The van der Waals surface area contributed by atoms with Gasteiger partial charge in [-0.1, -0.05) is 0 Å². The molecule has 1 atom stereocenters. The molecule has 1 aromatic rings. The van der Waals surface area contributed by atoms with Crippen molar-refractivity contribution in [3.05, 3.63) is 32.5 Å². The summed E-state index contributed by atoms with van der Waals surface area (Å²) >= 11 is 3.16. The van der Waals surface area contributed by atoms with Gasteiger partial charge in [0.25, 0.3) is 5.69 Å². The molecule has 1 N–H and O–H groups in total. The number of nitrogens with zero attached hydrogens (tertiary/aromatic N) is 2. The Bertz CT molecular complexity index is 368. The highest BCUT2D eigenvalue weighted by atomic mass is 79.9. The highest BCUT2D eigenvalue weighted by Crippen LogP contribution is 2.21. The summed E-state index contributed by atoms with van der Waals surface area (Å²) in [6.45, 7) is 1.64. The second-order valence-corrected chi connectivity index (χ2v) is 4.06. The van der Waals surface area contributed by atoms with Gasteiger partial charge in [-0.15, -0.1) is 0 Å². The Morgan fingerprint density at radius 3 is 2.87 bits per heavy atom. The molecule has 6 heteroatoms. The molecular formula is C9H11BrN2O3. The van der Waals surface area contributed by atoms with E-state index >= 15 is 0 Å². The van der Waals surface area contributed by atoms with Crippen LogP contribution in [0.4, 0.5) is 5.69 Å². The second kappa shape index (κ2) is 5.18. The minimum absolute atomic E-state index is 0.00106. The summed E-state index contributed by atoms with van der Waals surface area (Å²) in [7, 11) is 0. The van der Waals surface area contributed by atoms with Crippen LogP contribution in [0.1, 0.15) is 19.0 Å². The van der Waals surface area contributed by atoms with Crippen LogP contribution < -0.4 is 0 Å². The van der Waals surface area contributed by atoms with E-state index in [-0.39, 0.29) is 5.69 Å². The third-order valence-electron chi connectivity index (χ3n) is 1.91. The van der Waals surface area contributed by atoms with E-state index in [0.717, 1.165) is 0 Å². The predicted molar refractivity (Wildman–Crippen MR) is 58.6 cm³/mol. The normalized spacial score (nSPS) is 12.5. The average molecular weight is 275 g/mol. The number of hydrogen-bond acceptors (Lipinski definition) is 4. The van der Waals surface area contributed by atoms with Crippen molar-refractivity contribution in [2.75, 3.05) is 0 Å². The summed E-state index contributed by atoms with van der Waals surface area (Å²) in [6, 6.07) is 2.94. The number of halogens is 1. The van der Waals surface area contributed by atoms with Crippen molar-refractivity contribution >= 4 is 21.6 Å². The van der Waals surface area contributed by atoms with Gasteiger partial charge in [-0.25, -0.2) is 4.98 Å². The van der Waals surface area contributed by atoms with E-state index in [1.165, 1.54) is 12.1 Å². The monoisotopic (exact) mass is 274 g/mol. The first-order valence-corrected chi connectivity index (χ1v) is 5.28.